The summed E-state index contributed by atoms with van der Waals surface area (Å²) in [5, 5.41) is 0.740. The maximum atomic E-state index is 5.84. The van der Waals surface area contributed by atoms with Crippen LogP contribution >= 0.6 is 11.6 Å². The summed E-state index contributed by atoms with van der Waals surface area (Å²) in [6, 6.07) is 7.62. The molecule has 1 rings (SSSR count). The highest BCUT2D eigenvalue weighted by Crippen LogP contribution is 2.16. The average Bonchev–Trinajstić information content (AvgIpc) is 2.06. The van der Waals surface area contributed by atoms with E-state index in [0.717, 1.165) is 17.0 Å². The van der Waals surface area contributed by atoms with Gasteiger partial charge in [0, 0.05) is 11.1 Å². The Balaban J connectivity index is 2.74. The summed E-state index contributed by atoms with van der Waals surface area (Å²) in [6.07, 6.45) is 2.61. The zero-order chi connectivity index (χ0) is 8.97. The Morgan fingerprint density at radius 3 is 2.50 bits per heavy atom. The minimum atomic E-state index is 0.0415. The largest absolute Gasteiger partial charge is 0.324 e. The van der Waals surface area contributed by atoms with Crippen LogP contribution in [0.25, 0.3) is 0 Å². The van der Waals surface area contributed by atoms with Gasteiger partial charge in [-0.25, -0.2) is 0 Å². The van der Waals surface area contributed by atoms with Crippen molar-refractivity contribution in [2.24, 2.45) is 5.73 Å². The molecule has 0 aliphatic carbocycles. The van der Waals surface area contributed by atoms with Crippen molar-refractivity contribution in [3.05, 3.63) is 47.5 Å². The van der Waals surface area contributed by atoms with Gasteiger partial charge in [0.15, 0.2) is 0 Å². The molecule has 2 heteroatoms. The van der Waals surface area contributed by atoms with Crippen LogP contribution in [0.15, 0.2) is 36.9 Å². The zero-order valence-corrected chi connectivity index (χ0v) is 7.59. The van der Waals surface area contributed by atoms with Crippen LogP contribution in [0.4, 0.5) is 0 Å². The van der Waals surface area contributed by atoms with Gasteiger partial charge < -0.3 is 5.73 Å². The average molecular weight is 182 g/mol. The Hall–Kier alpha value is -0.790. The lowest BCUT2D eigenvalue weighted by molar-refractivity contribution is 0.742. The van der Waals surface area contributed by atoms with Crippen molar-refractivity contribution >= 4 is 11.6 Å². The molecule has 0 unspecified atom stereocenters. The summed E-state index contributed by atoms with van der Waals surface area (Å²) in [4.78, 5) is 0. The van der Waals surface area contributed by atoms with Crippen molar-refractivity contribution in [3.63, 3.8) is 0 Å². The van der Waals surface area contributed by atoms with Crippen LogP contribution in [0.5, 0.6) is 0 Å². The van der Waals surface area contributed by atoms with Gasteiger partial charge in [-0.05, 0) is 24.1 Å². The second kappa shape index (κ2) is 4.29. The number of hydrogen-bond acceptors (Lipinski definition) is 1. The van der Waals surface area contributed by atoms with Gasteiger partial charge in [0.05, 0.1) is 0 Å². The molecule has 0 amide bonds. The summed E-state index contributed by atoms with van der Waals surface area (Å²) in [7, 11) is 0. The van der Waals surface area contributed by atoms with Crippen LogP contribution in [0.1, 0.15) is 18.0 Å². The van der Waals surface area contributed by atoms with Crippen molar-refractivity contribution in [2.45, 2.75) is 12.5 Å². The normalized spacial score (nSPS) is 12.5. The third kappa shape index (κ3) is 2.36. The minimum absolute atomic E-state index is 0.0415. The van der Waals surface area contributed by atoms with E-state index in [1.807, 2.05) is 30.3 Å². The number of nitrogens with two attached hydrogens (primary N) is 1. The first-order chi connectivity index (χ1) is 5.74. The molecule has 0 aliphatic rings. The van der Waals surface area contributed by atoms with Gasteiger partial charge in [0.1, 0.15) is 0 Å². The van der Waals surface area contributed by atoms with E-state index in [4.69, 9.17) is 17.3 Å². The Labute approximate surface area is 77.8 Å². The van der Waals surface area contributed by atoms with Crippen molar-refractivity contribution in [1.82, 2.24) is 0 Å². The molecule has 0 fully saturated rings. The van der Waals surface area contributed by atoms with E-state index in [1.54, 1.807) is 0 Å². The van der Waals surface area contributed by atoms with Gasteiger partial charge >= 0.3 is 0 Å². The number of hydrogen-bond donors (Lipinski definition) is 1. The monoisotopic (exact) mass is 181 g/mol. The number of rotatable bonds is 3. The zero-order valence-electron chi connectivity index (χ0n) is 6.83. The first-order valence-corrected chi connectivity index (χ1v) is 4.24. The molecule has 1 aromatic rings. The third-order valence-corrected chi connectivity index (χ3v) is 1.97. The van der Waals surface area contributed by atoms with Crippen LogP contribution in [0.2, 0.25) is 5.02 Å². The van der Waals surface area contributed by atoms with Crippen molar-refractivity contribution in [3.8, 4) is 0 Å². The standard InChI is InChI=1S/C10H12ClN/c1-2-3-10(12)8-4-6-9(11)7-5-8/h2,4-7,10H,1,3,12H2/t10-/m1/s1. The Morgan fingerprint density at radius 2 is 2.00 bits per heavy atom. The van der Waals surface area contributed by atoms with Gasteiger partial charge in [-0.2, -0.15) is 0 Å². The van der Waals surface area contributed by atoms with Gasteiger partial charge in [0.25, 0.3) is 0 Å². The van der Waals surface area contributed by atoms with Gasteiger partial charge in [-0.3, -0.25) is 0 Å². The minimum Gasteiger partial charge on any atom is -0.324 e. The quantitative estimate of drug-likeness (QED) is 0.713. The van der Waals surface area contributed by atoms with Crippen molar-refractivity contribution < 1.29 is 0 Å². The van der Waals surface area contributed by atoms with Crippen LogP contribution < -0.4 is 5.73 Å². The molecule has 12 heavy (non-hydrogen) atoms. The fraction of sp³-hybridized carbons (Fsp3) is 0.200. The fourth-order valence-electron chi connectivity index (χ4n) is 1.03. The summed E-state index contributed by atoms with van der Waals surface area (Å²) >= 11 is 5.73. The lowest BCUT2D eigenvalue weighted by Crippen LogP contribution is -2.08. The first kappa shape index (κ1) is 9.30. The molecule has 0 aromatic heterocycles. The molecule has 2 N–H and O–H groups in total. The fourth-order valence-corrected chi connectivity index (χ4v) is 1.15. The maximum Gasteiger partial charge on any atom is 0.0406 e. The SMILES string of the molecule is C=CC[C@@H](N)c1ccc(Cl)cc1. The van der Waals surface area contributed by atoms with E-state index < -0.39 is 0 Å². The molecule has 0 saturated carbocycles. The van der Waals surface area contributed by atoms with Crippen molar-refractivity contribution in [2.75, 3.05) is 0 Å². The third-order valence-electron chi connectivity index (χ3n) is 1.72. The molecule has 64 valence electrons. The molecule has 0 heterocycles. The molecular formula is C10H12ClN. The van der Waals surface area contributed by atoms with Gasteiger partial charge in [-0.1, -0.05) is 29.8 Å². The highest BCUT2D eigenvalue weighted by Gasteiger charge is 2.01. The van der Waals surface area contributed by atoms with E-state index >= 15 is 0 Å². The summed E-state index contributed by atoms with van der Waals surface area (Å²) < 4.78 is 0. The lowest BCUT2D eigenvalue weighted by atomic mass is 10.1. The van der Waals surface area contributed by atoms with E-state index in [-0.39, 0.29) is 6.04 Å². The molecule has 1 nitrogen and oxygen atoms in total. The smallest absolute Gasteiger partial charge is 0.0406 e. The molecule has 0 saturated heterocycles. The van der Waals surface area contributed by atoms with E-state index in [0.29, 0.717) is 0 Å². The molecular weight excluding hydrogens is 170 g/mol. The Kier molecular flexibility index (Phi) is 3.32. The van der Waals surface area contributed by atoms with E-state index in [9.17, 15) is 0 Å². The first-order valence-electron chi connectivity index (χ1n) is 3.86. The summed E-state index contributed by atoms with van der Waals surface area (Å²) in [5.41, 5.74) is 6.94. The van der Waals surface area contributed by atoms with Gasteiger partial charge in [0.2, 0.25) is 0 Å². The van der Waals surface area contributed by atoms with Gasteiger partial charge in [-0.15, -0.1) is 6.58 Å². The number of benzene rings is 1. The second-order valence-corrected chi connectivity index (χ2v) is 3.12. The molecule has 0 aliphatic heterocycles. The van der Waals surface area contributed by atoms with Crippen molar-refractivity contribution in [1.29, 1.82) is 0 Å². The Bertz CT molecular complexity index is 253. The predicted octanol–water partition coefficient (Wildman–Crippen LogP) is 2.92. The molecule has 1 aromatic carbocycles. The van der Waals surface area contributed by atoms with E-state index in [2.05, 4.69) is 6.58 Å². The van der Waals surface area contributed by atoms with Crippen LogP contribution in [0, 0.1) is 0 Å². The topological polar surface area (TPSA) is 26.0 Å². The molecule has 0 radical (unpaired) electrons. The summed E-state index contributed by atoms with van der Waals surface area (Å²) in [6.45, 7) is 3.64. The summed E-state index contributed by atoms with van der Waals surface area (Å²) in [5.74, 6) is 0. The molecule has 0 bridgehead atoms. The van der Waals surface area contributed by atoms with Crippen LogP contribution in [-0.2, 0) is 0 Å². The van der Waals surface area contributed by atoms with E-state index in [1.165, 1.54) is 0 Å². The Morgan fingerprint density at radius 1 is 1.42 bits per heavy atom. The van der Waals surface area contributed by atoms with Crippen LogP contribution in [-0.4, -0.2) is 0 Å². The molecule has 1 atom stereocenters. The highest BCUT2D eigenvalue weighted by molar-refractivity contribution is 6.30. The lowest BCUT2D eigenvalue weighted by Gasteiger charge is -2.08. The predicted molar refractivity (Wildman–Crippen MR) is 53.2 cm³/mol. The molecule has 0 spiro atoms. The number of halogens is 1. The highest BCUT2D eigenvalue weighted by atomic mass is 35.5. The maximum absolute atomic E-state index is 5.84. The second-order valence-electron chi connectivity index (χ2n) is 2.68. The van der Waals surface area contributed by atoms with Crippen LogP contribution in [0.3, 0.4) is 0 Å².